The second-order valence-corrected chi connectivity index (χ2v) is 9.65. The van der Waals surface area contributed by atoms with Crippen LogP contribution in [0.5, 0.6) is 0 Å². The Morgan fingerprint density at radius 3 is 2.38 bits per heavy atom. The molecule has 0 spiro atoms. The Morgan fingerprint density at radius 2 is 1.81 bits per heavy atom. The third-order valence-electron chi connectivity index (χ3n) is 5.34. The predicted molar refractivity (Wildman–Crippen MR) is 125 cm³/mol. The van der Waals surface area contributed by atoms with E-state index in [2.05, 4.69) is 17.6 Å². The highest BCUT2D eigenvalue weighted by Crippen LogP contribution is 2.36. The van der Waals surface area contributed by atoms with E-state index in [0.29, 0.717) is 6.54 Å². The summed E-state index contributed by atoms with van der Waals surface area (Å²) in [7, 11) is 0. The van der Waals surface area contributed by atoms with Crippen molar-refractivity contribution in [2.75, 3.05) is 13.1 Å². The van der Waals surface area contributed by atoms with Crippen molar-refractivity contribution >= 4 is 17.9 Å². The van der Waals surface area contributed by atoms with Gasteiger partial charge in [-0.3, -0.25) is 9.59 Å². The minimum atomic E-state index is -0.724. The predicted octanol–water partition coefficient (Wildman–Crippen LogP) is 4.17. The lowest BCUT2D eigenvalue weighted by Gasteiger charge is -2.32. The normalized spacial score (nSPS) is 14.4. The van der Waals surface area contributed by atoms with E-state index in [4.69, 9.17) is 4.74 Å². The van der Waals surface area contributed by atoms with Gasteiger partial charge in [0.15, 0.2) is 0 Å². The van der Waals surface area contributed by atoms with Gasteiger partial charge in [-0.05, 0) is 65.0 Å². The van der Waals surface area contributed by atoms with Gasteiger partial charge < -0.3 is 20.3 Å². The van der Waals surface area contributed by atoms with Crippen LogP contribution in [0.25, 0.3) is 0 Å². The number of aryl methyl sites for hydroxylation is 2. The first-order valence-electron chi connectivity index (χ1n) is 11.7. The molecule has 0 radical (unpaired) electrons. The number of carbonyl (C=O) groups is 3. The van der Waals surface area contributed by atoms with E-state index in [1.807, 2.05) is 32.0 Å². The zero-order valence-corrected chi connectivity index (χ0v) is 20.4. The second-order valence-electron chi connectivity index (χ2n) is 9.65. The van der Waals surface area contributed by atoms with Gasteiger partial charge in [0.25, 0.3) is 0 Å². The molecule has 1 saturated carbocycles. The van der Waals surface area contributed by atoms with E-state index >= 15 is 0 Å². The lowest BCUT2D eigenvalue weighted by Crippen LogP contribution is -2.49. The molecular weight excluding hydrogens is 406 g/mol. The van der Waals surface area contributed by atoms with Crippen LogP contribution in [-0.4, -0.2) is 47.5 Å². The van der Waals surface area contributed by atoms with Crippen molar-refractivity contribution in [1.29, 1.82) is 0 Å². The Hall–Kier alpha value is -2.57. The summed E-state index contributed by atoms with van der Waals surface area (Å²) in [6.07, 6.45) is 4.07. The summed E-state index contributed by atoms with van der Waals surface area (Å²) in [5.41, 5.74) is 2.24. The Bertz CT molecular complexity index is 812. The molecule has 0 aromatic heterocycles. The SMILES string of the molecule is CCCCCNC(=O)C(c1ccc(C)cc1C)N(C(=O)CNC(=O)OC(C)(C)C)C1CC1. The van der Waals surface area contributed by atoms with Gasteiger partial charge in [-0.15, -0.1) is 0 Å². The molecule has 7 heteroatoms. The summed E-state index contributed by atoms with van der Waals surface area (Å²) in [5.74, 6) is -0.461. The number of amides is 3. The van der Waals surface area contributed by atoms with Crippen LogP contribution in [0.4, 0.5) is 4.79 Å². The number of hydrogen-bond acceptors (Lipinski definition) is 4. The van der Waals surface area contributed by atoms with Gasteiger partial charge >= 0.3 is 6.09 Å². The first kappa shape index (κ1) is 25.7. The van der Waals surface area contributed by atoms with E-state index in [9.17, 15) is 14.4 Å². The lowest BCUT2D eigenvalue weighted by atomic mass is 9.96. The van der Waals surface area contributed by atoms with Crippen molar-refractivity contribution in [2.45, 2.75) is 91.3 Å². The maximum absolute atomic E-state index is 13.3. The third-order valence-corrected chi connectivity index (χ3v) is 5.34. The minimum absolute atomic E-state index is 0.00460. The van der Waals surface area contributed by atoms with Crippen molar-refractivity contribution in [1.82, 2.24) is 15.5 Å². The van der Waals surface area contributed by atoms with Gasteiger partial charge in [-0.2, -0.15) is 0 Å². The fraction of sp³-hybridized carbons (Fsp3) is 0.640. The van der Waals surface area contributed by atoms with Crippen molar-refractivity contribution in [3.05, 3.63) is 34.9 Å². The molecule has 178 valence electrons. The lowest BCUT2D eigenvalue weighted by molar-refractivity contribution is -0.140. The average molecular weight is 446 g/mol. The Morgan fingerprint density at radius 1 is 1.12 bits per heavy atom. The molecule has 3 amide bonds. The van der Waals surface area contributed by atoms with Gasteiger partial charge in [0.1, 0.15) is 18.2 Å². The van der Waals surface area contributed by atoms with Crippen LogP contribution in [0.2, 0.25) is 0 Å². The third kappa shape index (κ3) is 7.84. The highest BCUT2D eigenvalue weighted by molar-refractivity contribution is 5.91. The largest absolute Gasteiger partial charge is 0.444 e. The molecule has 2 rings (SSSR count). The number of ether oxygens (including phenoxy) is 1. The van der Waals surface area contributed by atoms with Gasteiger partial charge in [0.05, 0.1) is 0 Å². The summed E-state index contributed by atoms with van der Waals surface area (Å²) < 4.78 is 5.24. The fourth-order valence-corrected chi connectivity index (χ4v) is 3.70. The molecule has 1 aromatic rings. The van der Waals surface area contributed by atoms with Crippen LogP contribution >= 0.6 is 0 Å². The van der Waals surface area contributed by atoms with E-state index < -0.39 is 17.7 Å². The number of unbranched alkanes of at least 4 members (excludes halogenated alkanes) is 2. The highest BCUT2D eigenvalue weighted by Gasteiger charge is 2.41. The Kier molecular flexibility index (Phi) is 9.10. The smallest absolute Gasteiger partial charge is 0.408 e. The molecule has 0 aliphatic heterocycles. The number of benzene rings is 1. The molecular formula is C25H39N3O4. The standard InChI is InChI=1S/C25H39N3O4/c1-7-8-9-14-26-23(30)22(20-13-10-17(2)15-18(20)3)28(19-11-12-19)21(29)16-27-24(31)32-25(4,5)6/h10,13,15,19,22H,7-9,11-12,14,16H2,1-6H3,(H,26,30)(H,27,31). The number of nitrogens with one attached hydrogen (secondary N) is 2. The van der Waals surface area contributed by atoms with Gasteiger partial charge in [0.2, 0.25) is 11.8 Å². The molecule has 7 nitrogen and oxygen atoms in total. The van der Waals surface area contributed by atoms with Crippen molar-refractivity contribution in [2.24, 2.45) is 0 Å². The average Bonchev–Trinajstić information content (AvgIpc) is 3.51. The summed E-state index contributed by atoms with van der Waals surface area (Å²) in [6.45, 7) is 11.8. The Balaban J connectivity index is 2.24. The molecule has 0 bridgehead atoms. The van der Waals surface area contributed by atoms with Crippen molar-refractivity contribution in [3.63, 3.8) is 0 Å². The first-order chi connectivity index (χ1) is 15.0. The van der Waals surface area contributed by atoms with E-state index in [1.165, 1.54) is 0 Å². The molecule has 0 saturated heterocycles. The molecule has 1 unspecified atom stereocenters. The van der Waals surface area contributed by atoms with Crippen molar-refractivity contribution in [3.8, 4) is 0 Å². The fourth-order valence-electron chi connectivity index (χ4n) is 3.70. The van der Waals surface area contributed by atoms with E-state index in [0.717, 1.165) is 48.8 Å². The summed E-state index contributed by atoms with van der Waals surface area (Å²) >= 11 is 0. The molecule has 1 aliphatic rings. The van der Waals surface area contributed by atoms with Crippen LogP contribution in [0, 0.1) is 13.8 Å². The summed E-state index contributed by atoms with van der Waals surface area (Å²) in [5, 5.41) is 5.57. The molecule has 1 aliphatic carbocycles. The Labute approximate surface area is 192 Å². The van der Waals surface area contributed by atoms with Crippen LogP contribution in [0.1, 0.15) is 82.5 Å². The van der Waals surface area contributed by atoms with Gasteiger partial charge in [-0.1, -0.05) is 43.5 Å². The molecule has 1 atom stereocenters. The number of carbonyl (C=O) groups excluding carboxylic acids is 3. The first-order valence-corrected chi connectivity index (χ1v) is 11.7. The van der Waals surface area contributed by atoms with Crippen LogP contribution < -0.4 is 10.6 Å². The topological polar surface area (TPSA) is 87.7 Å². The van der Waals surface area contributed by atoms with Crippen LogP contribution in [0.15, 0.2) is 18.2 Å². The van der Waals surface area contributed by atoms with Gasteiger partial charge in [-0.25, -0.2) is 4.79 Å². The van der Waals surface area contributed by atoms with Gasteiger partial charge in [0, 0.05) is 12.6 Å². The molecule has 2 N–H and O–H groups in total. The molecule has 1 aromatic carbocycles. The van der Waals surface area contributed by atoms with E-state index in [-0.39, 0.29) is 24.4 Å². The zero-order chi connectivity index (χ0) is 23.9. The van der Waals surface area contributed by atoms with Crippen molar-refractivity contribution < 1.29 is 19.1 Å². The quantitative estimate of drug-likeness (QED) is 0.529. The number of hydrogen-bond donors (Lipinski definition) is 2. The molecule has 0 heterocycles. The number of alkyl carbamates (subject to hydrolysis) is 1. The van der Waals surface area contributed by atoms with Crippen LogP contribution in [0.3, 0.4) is 0 Å². The minimum Gasteiger partial charge on any atom is -0.444 e. The maximum atomic E-state index is 13.3. The maximum Gasteiger partial charge on any atom is 0.408 e. The molecule has 32 heavy (non-hydrogen) atoms. The number of rotatable bonds is 10. The molecule has 1 fully saturated rings. The number of nitrogens with zero attached hydrogens (tertiary/aromatic N) is 1. The van der Waals surface area contributed by atoms with E-state index in [1.54, 1.807) is 25.7 Å². The summed E-state index contributed by atoms with van der Waals surface area (Å²) in [4.78, 5) is 40.3. The zero-order valence-electron chi connectivity index (χ0n) is 20.4. The van der Waals surface area contributed by atoms with Crippen LogP contribution in [-0.2, 0) is 14.3 Å². The summed E-state index contributed by atoms with van der Waals surface area (Å²) in [6, 6.07) is 5.20. The monoisotopic (exact) mass is 445 g/mol. The second kappa shape index (κ2) is 11.3. The highest BCUT2D eigenvalue weighted by atomic mass is 16.6.